The maximum atomic E-state index is 12.4. The Labute approximate surface area is 128 Å². The van der Waals surface area contributed by atoms with Crippen LogP contribution in [0.15, 0.2) is 47.4 Å². The molecule has 0 aliphatic rings. The van der Waals surface area contributed by atoms with E-state index >= 15 is 0 Å². The average molecular weight is 328 g/mol. The van der Waals surface area contributed by atoms with Gasteiger partial charge in [0.2, 0.25) is 0 Å². The SMILES string of the molecule is COc1ccc(Cl)c(NS(=O)(=O)c2ccccc2OC)c1. The van der Waals surface area contributed by atoms with Crippen molar-refractivity contribution >= 4 is 27.3 Å². The fourth-order valence-corrected chi connectivity index (χ4v) is 3.21. The van der Waals surface area contributed by atoms with Gasteiger partial charge in [-0.1, -0.05) is 23.7 Å². The summed E-state index contributed by atoms with van der Waals surface area (Å²) in [7, 11) is -0.921. The monoisotopic (exact) mass is 327 g/mol. The highest BCUT2D eigenvalue weighted by molar-refractivity contribution is 7.92. The molecule has 21 heavy (non-hydrogen) atoms. The van der Waals surface area contributed by atoms with Crippen molar-refractivity contribution in [3.63, 3.8) is 0 Å². The normalized spacial score (nSPS) is 11.0. The van der Waals surface area contributed by atoms with Gasteiger partial charge in [0.1, 0.15) is 16.4 Å². The van der Waals surface area contributed by atoms with E-state index in [4.69, 9.17) is 21.1 Å². The number of para-hydroxylation sites is 1. The van der Waals surface area contributed by atoms with Gasteiger partial charge >= 0.3 is 0 Å². The topological polar surface area (TPSA) is 64.6 Å². The van der Waals surface area contributed by atoms with Crippen LogP contribution in [0.25, 0.3) is 0 Å². The second-order valence-corrected chi connectivity index (χ2v) is 6.16. The smallest absolute Gasteiger partial charge is 0.265 e. The molecule has 0 bridgehead atoms. The molecule has 0 amide bonds. The molecule has 0 heterocycles. The number of methoxy groups -OCH3 is 2. The quantitative estimate of drug-likeness (QED) is 0.916. The Bertz CT molecular complexity index is 746. The second kappa shape index (κ2) is 6.24. The van der Waals surface area contributed by atoms with Crippen LogP contribution in [-0.4, -0.2) is 22.6 Å². The van der Waals surface area contributed by atoms with Crippen molar-refractivity contribution in [1.82, 2.24) is 0 Å². The van der Waals surface area contributed by atoms with Crippen molar-refractivity contribution < 1.29 is 17.9 Å². The minimum absolute atomic E-state index is 0.0337. The molecule has 2 aromatic rings. The number of sulfonamides is 1. The first kappa shape index (κ1) is 15.5. The molecule has 0 saturated heterocycles. The fraction of sp³-hybridized carbons (Fsp3) is 0.143. The van der Waals surface area contributed by atoms with Crippen molar-refractivity contribution in [1.29, 1.82) is 0 Å². The summed E-state index contributed by atoms with van der Waals surface area (Å²) in [5.74, 6) is 0.751. The Morgan fingerprint density at radius 3 is 2.43 bits per heavy atom. The van der Waals surface area contributed by atoms with Crippen LogP contribution in [-0.2, 0) is 10.0 Å². The molecule has 112 valence electrons. The molecule has 0 spiro atoms. The zero-order valence-corrected chi connectivity index (χ0v) is 13.0. The van der Waals surface area contributed by atoms with E-state index in [2.05, 4.69) is 4.72 Å². The number of nitrogens with one attached hydrogen (secondary N) is 1. The Balaban J connectivity index is 2.42. The molecule has 0 aliphatic heterocycles. The van der Waals surface area contributed by atoms with E-state index in [1.807, 2.05) is 0 Å². The average Bonchev–Trinajstić information content (AvgIpc) is 2.49. The van der Waals surface area contributed by atoms with Gasteiger partial charge in [0.05, 0.1) is 24.9 Å². The number of hydrogen-bond donors (Lipinski definition) is 1. The maximum absolute atomic E-state index is 12.4. The summed E-state index contributed by atoms with van der Waals surface area (Å²) in [5.41, 5.74) is 0.238. The first-order valence-electron chi connectivity index (χ1n) is 5.97. The number of hydrogen-bond acceptors (Lipinski definition) is 4. The van der Waals surface area contributed by atoms with Crippen LogP contribution >= 0.6 is 11.6 Å². The molecule has 0 aromatic heterocycles. The fourth-order valence-electron chi connectivity index (χ4n) is 1.75. The third-order valence-corrected chi connectivity index (χ3v) is 4.51. The molecule has 5 nitrogen and oxygen atoms in total. The predicted molar refractivity (Wildman–Crippen MR) is 81.8 cm³/mol. The van der Waals surface area contributed by atoms with E-state index < -0.39 is 10.0 Å². The lowest BCUT2D eigenvalue weighted by Crippen LogP contribution is -2.14. The first-order chi connectivity index (χ1) is 9.97. The summed E-state index contributed by atoms with van der Waals surface area (Å²) in [6.07, 6.45) is 0. The van der Waals surface area contributed by atoms with Gasteiger partial charge in [-0.25, -0.2) is 8.42 Å². The number of halogens is 1. The highest BCUT2D eigenvalue weighted by atomic mass is 35.5. The molecule has 0 aliphatic carbocycles. The standard InChI is InChI=1S/C14H14ClNO4S/c1-19-10-7-8-11(15)12(9-10)16-21(17,18)14-6-4-3-5-13(14)20-2/h3-9,16H,1-2H3. The van der Waals surface area contributed by atoms with Crippen molar-refractivity contribution in [3.05, 3.63) is 47.5 Å². The zero-order valence-electron chi connectivity index (χ0n) is 11.5. The van der Waals surface area contributed by atoms with Crippen molar-refractivity contribution in [2.75, 3.05) is 18.9 Å². The van der Waals surface area contributed by atoms with E-state index in [1.54, 1.807) is 30.3 Å². The van der Waals surface area contributed by atoms with Crippen LogP contribution in [0, 0.1) is 0 Å². The van der Waals surface area contributed by atoms with Gasteiger partial charge in [-0.3, -0.25) is 4.72 Å². The molecule has 0 atom stereocenters. The van der Waals surface area contributed by atoms with Crippen LogP contribution < -0.4 is 14.2 Å². The predicted octanol–water partition coefficient (Wildman–Crippen LogP) is 3.16. The summed E-state index contributed by atoms with van der Waals surface area (Å²) >= 11 is 6.01. The van der Waals surface area contributed by atoms with Gasteiger partial charge in [0.25, 0.3) is 10.0 Å². The van der Waals surface area contributed by atoms with E-state index in [0.717, 1.165) is 0 Å². The number of benzene rings is 2. The van der Waals surface area contributed by atoms with Crippen molar-refractivity contribution in [2.24, 2.45) is 0 Å². The van der Waals surface area contributed by atoms with Gasteiger partial charge in [-0.15, -0.1) is 0 Å². The molecular weight excluding hydrogens is 314 g/mol. The minimum atomic E-state index is -3.82. The first-order valence-corrected chi connectivity index (χ1v) is 7.83. The summed E-state index contributed by atoms with van der Waals surface area (Å²) in [4.78, 5) is 0.0337. The lowest BCUT2D eigenvalue weighted by Gasteiger charge is -2.13. The number of ether oxygens (including phenoxy) is 2. The second-order valence-electron chi connectivity index (χ2n) is 4.10. The van der Waals surface area contributed by atoms with Crippen LogP contribution in [0.4, 0.5) is 5.69 Å². The molecule has 2 aromatic carbocycles. The Hall–Kier alpha value is -1.92. The summed E-state index contributed by atoms with van der Waals surface area (Å²) in [6.45, 7) is 0. The number of rotatable bonds is 5. The van der Waals surface area contributed by atoms with Gasteiger partial charge < -0.3 is 9.47 Å². The maximum Gasteiger partial charge on any atom is 0.265 e. The molecule has 0 radical (unpaired) electrons. The lowest BCUT2D eigenvalue weighted by atomic mass is 10.3. The van der Waals surface area contributed by atoms with Crippen molar-refractivity contribution in [2.45, 2.75) is 4.90 Å². The third kappa shape index (κ3) is 3.40. The Morgan fingerprint density at radius 1 is 1.05 bits per heavy atom. The van der Waals surface area contributed by atoms with Crippen LogP contribution in [0.1, 0.15) is 0 Å². The molecule has 2 rings (SSSR count). The van der Waals surface area contributed by atoms with Gasteiger partial charge in [0.15, 0.2) is 0 Å². The molecule has 7 heteroatoms. The Morgan fingerprint density at radius 2 is 1.76 bits per heavy atom. The molecule has 0 saturated carbocycles. The molecule has 0 unspecified atom stereocenters. The van der Waals surface area contributed by atoms with Crippen LogP contribution in [0.5, 0.6) is 11.5 Å². The molecule has 1 N–H and O–H groups in total. The van der Waals surface area contributed by atoms with Crippen LogP contribution in [0.2, 0.25) is 5.02 Å². The van der Waals surface area contributed by atoms with Gasteiger partial charge in [-0.2, -0.15) is 0 Å². The minimum Gasteiger partial charge on any atom is -0.497 e. The van der Waals surface area contributed by atoms with Gasteiger partial charge in [-0.05, 0) is 24.3 Å². The van der Waals surface area contributed by atoms with Crippen LogP contribution in [0.3, 0.4) is 0 Å². The van der Waals surface area contributed by atoms with Gasteiger partial charge in [0, 0.05) is 6.07 Å². The van der Waals surface area contributed by atoms with E-state index in [1.165, 1.54) is 26.4 Å². The zero-order chi connectivity index (χ0) is 15.5. The summed E-state index contributed by atoms with van der Waals surface area (Å²) in [6, 6.07) is 11.0. The van der Waals surface area contributed by atoms with E-state index in [9.17, 15) is 8.42 Å². The lowest BCUT2D eigenvalue weighted by molar-refractivity contribution is 0.403. The van der Waals surface area contributed by atoms with E-state index in [-0.39, 0.29) is 21.4 Å². The largest absolute Gasteiger partial charge is 0.497 e. The molecule has 0 fully saturated rings. The molecular formula is C14H14ClNO4S. The highest BCUT2D eigenvalue weighted by Gasteiger charge is 2.20. The highest BCUT2D eigenvalue weighted by Crippen LogP contribution is 2.31. The summed E-state index contributed by atoms with van der Waals surface area (Å²) < 4.78 is 37.4. The third-order valence-electron chi connectivity index (χ3n) is 2.78. The van der Waals surface area contributed by atoms with E-state index in [0.29, 0.717) is 5.75 Å². The summed E-state index contributed by atoms with van der Waals surface area (Å²) in [5, 5.41) is 0.272. The number of anilines is 1. The van der Waals surface area contributed by atoms with Crippen molar-refractivity contribution in [3.8, 4) is 11.5 Å². The Kier molecular flexibility index (Phi) is 4.59.